The van der Waals surface area contributed by atoms with E-state index in [9.17, 15) is 13.6 Å². The van der Waals surface area contributed by atoms with Gasteiger partial charge in [-0.1, -0.05) is 48.5 Å². The van der Waals surface area contributed by atoms with Gasteiger partial charge in [0.2, 0.25) is 5.91 Å². The molecule has 0 unspecified atom stereocenters. The van der Waals surface area contributed by atoms with Crippen LogP contribution >= 0.6 is 0 Å². The molecule has 0 aliphatic heterocycles. The Hall–Kier alpha value is -3.45. The molecule has 0 fully saturated rings. The normalized spacial score (nSPS) is 11.7. The number of halogens is 2. The maximum absolute atomic E-state index is 12.4. The van der Waals surface area contributed by atoms with Gasteiger partial charge < -0.3 is 14.8 Å². The van der Waals surface area contributed by atoms with Crippen molar-refractivity contribution < 1.29 is 23.0 Å². The molecule has 2 N–H and O–H groups in total. The smallest absolute Gasteiger partial charge is 0.387 e. The molecular weight excluding hydrogens is 390 g/mol. The summed E-state index contributed by atoms with van der Waals surface area (Å²) in [5, 5.41) is 6.05. The summed E-state index contributed by atoms with van der Waals surface area (Å²) in [5.41, 5.74) is 2.39. The summed E-state index contributed by atoms with van der Waals surface area (Å²) in [6, 6.07) is 22.7. The van der Waals surface area contributed by atoms with Gasteiger partial charge in [-0.3, -0.25) is 10.1 Å². The second kappa shape index (κ2) is 10.4. The molecule has 0 saturated heterocycles. The van der Waals surface area contributed by atoms with Gasteiger partial charge >= 0.3 is 6.61 Å². The molecular formula is C23H22F2N2O3. The summed E-state index contributed by atoms with van der Waals surface area (Å²) in [5.74, 6) is 0.507. The van der Waals surface area contributed by atoms with Crippen molar-refractivity contribution in [3.63, 3.8) is 0 Å². The zero-order chi connectivity index (χ0) is 21.3. The minimum absolute atomic E-state index is 0.0477. The van der Waals surface area contributed by atoms with Crippen LogP contribution in [0.4, 0.5) is 14.5 Å². The van der Waals surface area contributed by atoms with Gasteiger partial charge in [-0.25, -0.2) is 0 Å². The Morgan fingerprint density at radius 3 is 2.27 bits per heavy atom. The minimum atomic E-state index is -2.88. The standard InChI is InChI=1S/C23H22F2N2O3/c1-29-20-9-5-8-18(14-20)27-21(28)15-26-22(16-6-3-2-4-7-16)17-10-12-19(13-11-17)30-23(24)25/h2-14,22-23,26H,15H2,1H3,(H,27,28)/t22-/m1/s1. The van der Waals surface area contributed by atoms with E-state index in [1.165, 1.54) is 12.1 Å². The molecule has 156 valence electrons. The average Bonchev–Trinajstić information content (AvgIpc) is 2.75. The van der Waals surface area contributed by atoms with Gasteiger partial charge in [0.05, 0.1) is 19.7 Å². The van der Waals surface area contributed by atoms with Crippen molar-refractivity contribution in [3.8, 4) is 11.5 Å². The third kappa shape index (κ3) is 6.02. The van der Waals surface area contributed by atoms with Crippen molar-refractivity contribution in [2.75, 3.05) is 19.0 Å². The third-order valence-corrected chi connectivity index (χ3v) is 4.39. The molecule has 30 heavy (non-hydrogen) atoms. The van der Waals surface area contributed by atoms with Crippen LogP contribution in [0.25, 0.3) is 0 Å². The molecule has 0 aliphatic carbocycles. The van der Waals surface area contributed by atoms with Gasteiger partial charge in [-0.15, -0.1) is 0 Å². The first-order valence-corrected chi connectivity index (χ1v) is 9.32. The van der Waals surface area contributed by atoms with Gasteiger partial charge in [0.1, 0.15) is 11.5 Å². The number of nitrogens with one attached hydrogen (secondary N) is 2. The first kappa shape index (κ1) is 21.3. The molecule has 0 heterocycles. The fourth-order valence-corrected chi connectivity index (χ4v) is 3.02. The van der Waals surface area contributed by atoms with Gasteiger partial charge in [0.25, 0.3) is 0 Å². The molecule has 0 bridgehead atoms. The predicted molar refractivity (Wildman–Crippen MR) is 111 cm³/mol. The Kier molecular flexibility index (Phi) is 7.34. The number of amides is 1. The maximum atomic E-state index is 12.4. The van der Waals surface area contributed by atoms with E-state index in [-0.39, 0.29) is 24.2 Å². The van der Waals surface area contributed by atoms with Crippen LogP contribution in [-0.2, 0) is 4.79 Å². The lowest BCUT2D eigenvalue weighted by atomic mass is 9.98. The van der Waals surface area contributed by atoms with Crippen molar-refractivity contribution in [3.05, 3.63) is 90.0 Å². The summed E-state index contributed by atoms with van der Waals surface area (Å²) >= 11 is 0. The van der Waals surface area contributed by atoms with Gasteiger partial charge in [0, 0.05) is 11.8 Å². The van der Waals surface area contributed by atoms with E-state index in [1.807, 2.05) is 30.3 Å². The largest absolute Gasteiger partial charge is 0.497 e. The number of benzene rings is 3. The van der Waals surface area contributed by atoms with Crippen LogP contribution in [0.15, 0.2) is 78.9 Å². The molecule has 0 aromatic heterocycles. The van der Waals surface area contributed by atoms with Crippen molar-refractivity contribution in [2.24, 2.45) is 0 Å². The molecule has 1 atom stereocenters. The Balaban J connectivity index is 1.71. The highest BCUT2D eigenvalue weighted by molar-refractivity contribution is 5.92. The molecule has 0 radical (unpaired) electrons. The van der Waals surface area contributed by atoms with Crippen LogP contribution in [-0.4, -0.2) is 26.2 Å². The molecule has 1 amide bonds. The van der Waals surface area contributed by atoms with Crippen LogP contribution in [0.1, 0.15) is 17.2 Å². The Morgan fingerprint density at radius 1 is 0.900 bits per heavy atom. The second-order valence-electron chi connectivity index (χ2n) is 6.45. The Labute approximate surface area is 173 Å². The van der Waals surface area contributed by atoms with Gasteiger partial charge in [0.15, 0.2) is 0 Å². The zero-order valence-electron chi connectivity index (χ0n) is 16.3. The monoisotopic (exact) mass is 412 g/mol. The van der Waals surface area contributed by atoms with E-state index < -0.39 is 6.61 Å². The quantitative estimate of drug-likeness (QED) is 0.539. The summed E-state index contributed by atoms with van der Waals surface area (Å²) in [6.45, 7) is -2.83. The number of ether oxygens (including phenoxy) is 2. The maximum Gasteiger partial charge on any atom is 0.387 e. The van der Waals surface area contributed by atoms with Crippen LogP contribution in [0.5, 0.6) is 11.5 Å². The SMILES string of the molecule is COc1cccc(NC(=O)CN[C@H](c2ccccc2)c2ccc(OC(F)F)cc2)c1. The van der Waals surface area contributed by atoms with E-state index in [4.69, 9.17) is 4.74 Å². The molecule has 3 rings (SSSR count). The summed E-state index contributed by atoms with van der Waals surface area (Å²) in [6.07, 6.45) is 0. The van der Waals surface area contributed by atoms with Crippen molar-refractivity contribution in [1.29, 1.82) is 0 Å². The van der Waals surface area contributed by atoms with E-state index in [2.05, 4.69) is 15.4 Å². The van der Waals surface area contributed by atoms with Crippen LogP contribution in [0, 0.1) is 0 Å². The topological polar surface area (TPSA) is 59.6 Å². The fourth-order valence-electron chi connectivity index (χ4n) is 3.02. The minimum Gasteiger partial charge on any atom is -0.497 e. The molecule has 0 aliphatic rings. The number of anilines is 1. The average molecular weight is 412 g/mol. The lowest BCUT2D eigenvalue weighted by Gasteiger charge is -2.20. The highest BCUT2D eigenvalue weighted by Crippen LogP contribution is 2.25. The lowest BCUT2D eigenvalue weighted by molar-refractivity contribution is -0.115. The highest BCUT2D eigenvalue weighted by Gasteiger charge is 2.16. The van der Waals surface area contributed by atoms with E-state index >= 15 is 0 Å². The van der Waals surface area contributed by atoms with Crippen LogP contribution < -0.4 is 20.1 Å². The van der Waals surface area contributed by atoms with Crippen molar-refractivity contribution in [1.82, 2.24) is 5.32 Å². The number of hydrogen-bond donors (Lipinski definition) is 2. The van der Waals surface area contributed by atoms with Crippen molar-refractivity contribution >= 4 is 11.6 Å². The van der Waals surface area contributed by atoms with Gasteiger partial charge in [-0.05, 0) is 35.4 Å². The fraction of sp³-hybridized carbons (Fsp3) is 0.174. The lowest BCUT2D eigenvalue weighted by Crippen LogP contribution is -2.31. The van der Waals surface area contributed by atoms with E-state index in [0.717, 1.165) is 11.1 Å². The van der Waals surface area contributed by atoms with Crippen molar-refractivity contribution in [2.45, 2.75) is 12.7 Å². The first-order valence-electron chi connectivity index (χ1n) is 9.32. The van der Waals surface area contributed by atoms with Crippen LogP contribution in [0.3, 0.4) is 0 Å². The second-order valence-corrected chi connectivity index (χ2v) is 6.45. The number of hydrogen-bond acceptors (Lipinski definition) is 4. The number of rotatable bonds is 9. The number of alkyl halides is 2. The Bertz CT molecular complexity index is 950. The summed E-state index contributed by atoms with van der Waals surface area (Å²) < 4.78 is 34.4. The third-order valence-electron chi connectivity index (χ3n) is 4.39. The summed E-state index contributed by atoms with van der Waals surface area (Å²) in [7, 11) is 1.56. The predicted octanol–water partition coefficient (Wildman–Crippen LogP) is 4.61. The van der Waals surface area contributed by atoms with E-state index in [1.54, 1.807) is 43.5 Å². The molecule has 3 aromatic rings. The first-order chi connectivity index (χ1) is 14.5. The molecule has 0 saturated carbocycles. The molecule has 3 aromatic carbocycles. The number of methoxy groups -OCH3 is 1. The summed E-state index contributed by atoms with van der Waals surface area (Å²) in [4.78, 5) is 12.4. The number of carbonyl (C=O) groups excluding carboxylic acids is 1. The van der Waals surface area contributed by atoms with E-state index in [0.29, 0.717) is 11.4 Å². The molecule has 0 spiro atoms. The van der Waals surface area contributed by atoms with Crippen LogP contribution in [0.2, 0.25) is 0 Å². The zero-order valence-corrected chi connectivity index (χ0v) is 16.3. The molecule has 7 heteroatoms. The highest BCUT2D eigenvalue weighted by atomic mass is 19.3. The number of carbonyl (C=O) groups is 1. The van der Waals surface area contributed by atoms with Gasteiger partial charge in [-0.2, -0.15) is 8.78 Å². The molecule has 5 nitrogen and oxygen atoms in total. The Morgan fingerprint density at radius 2 is 1.60 bits per heavy atom.